The first-order valence-electron chi connectivity index (χ1n) is 10.4. The summed E-state index contributed by atoms with van der Waals surface area (Å²) in [7, 11) is 1.70. The Kier molecular flexibility index (Phi) is 8.19. The van der Waals surface area contributed by atoms with Crippen molar-refractivity contribution in [3.05, 3.63) is 60.2 Å². The minimum atomic E-state index is 0.547. The van der Waals surface area contributed by atoms with Crippen LogP contribution in [0.25, 0.3) is 0 Å². The van der Waals surface area contributed by atoms with Crippen LogP contribution < -0.4 is 20.7 Å². The number of anilines is 1. The van der Waals surface area contributed by atoms with Crippen LogP contribution in [0.1, 0.15) is 12.0 Å². The van der Waals surface area contributed by atoms with E-state index in [1.165, 1.54) is 11.3 Å². The monoisotopic (exact) mass is 395 g/mol. The van der Waals surface area contributed by atoms with Crippen molar-refractivity contribution >= 4 is 11.6 Å². The summed E-state index contributed by atoms with van der Waals surface area (Å²) in [5.74, 6) is 1.45. The highest BCUT2D eigenvalue weighted by molar-refractivity contribution is 5.77. The molecule has 6 heteroatoms. The number of benzene rings is 2. The van der Waals surface area contributed by atoms with Crippen LogP contribution in [0.2, 0.25) is 0 Å². The van der Waals surface area contributed by atoms with Crippen molar-refractivity contribution in [1.29, 1.82) is 0 Å². The van der Waals surface area contributed by atoms with Crippen LogP contribution in [0.4, 0.5) is 5.69 Å². The Morgan fingerprint density at radius 1 is 1.03 bits per heavy atom. The zero-order valence-electron chi connectivity index (χ0n) is 17.4. The maximum absolute atomic E-state index is 5.97. The van der Waals surface area contributed by atoms with E-state index in [0.29, 0.717) is 5.96 Å². The van der Waals surface area contributed by atoms with Crippen LogP contribution in [0, 0.1) is 0 Å². The molecule has 2 aromatic rings. The van der Waals surface area contributed by atoms with Gasteiger partial charge in [0.25, 0.3) is 0 Å². The Labute approximate surface area is 174 Å². The number of nitrogens with two attached hydrogens (primary N) is 1. The third-order valence-corrected chi connectivity index (χ3v) is 5.29. The average molecular weight is 396 g/mol. The molecule has 0 amide bonds. The second kappa shape index (κ2) is 11.3. The number of aliphatic imine (C=N–C) groups is 1. The van der Waals surface area contributed by atoms with Gasteiger partial charge in [-0.1, -0.05) is 30.3 Å². The molecule has 3 N–H and O–H groups in total. The molecule has 1 aliphatic rings. The number of methoxy groups -OCH3 is 1. The largest absolute Gasteiger partial charge is 0.497 e. The molecule has 0 spiro atoms. The lowest BCUT2D eigenvalue weighted by molar-refractivity contribution is 0.256. The van der Waals surface area contributed by atoms with E-state index in [0.717, 1.165) is 64.4 Å². The number of nitrogens with one attached hydrogen (secondary N) is 1. The number of hydrogen-bond acceptors (Lipinski definition) is 4. The summed E-state index contributed by atoms with van der Waals surface area (Å²) in [5.41, 5.74) is 8.55. The Bertz CT molecular complexity index is 740. The quantitative estimate of drug-likeness (QED) is 0.388. The molecule has 2 aromatic carbocycles. The summed E-state index contributed by atoms with van der Waals surface area (Å²) in [4.78, 5) is 9.39. The minimum Gasteiger partial charge on any atom is -0.497 e. The molecule has 0 aliphatic carbocycles. The first kappa shape index (κ1) is 21.0. The number of hydrogen-bond donors (Lipinski definition) is 2. The van der Waals surface area contributed by atoms with Gasteiger partial charge in [0.2, 0.25) is 0 Å². The fourth-order valence-electron chi connectivity index (χ4n) is 3.55. The third-order valence-electron chi connectivity index (χ3n) is 5.29. The molecule has 1 saturated heterocycles. The van der Waals surface area contributed by atoms with Gasteiger partial charge in [0.1, 0.15) is 5.75 Å². The SMILES string of the molecule is COc1ccc(N2CCN(CCCN=C(N)NCCc3ccccc3)CC2)cc1. The van der Waals surface area contributed by atoms with Crippen LogP contribution in [0.5, 0.6) is 5.75 Å². The average Bonchev–Trinajstić information content (AvgIpc) is 2.78. The number of piperazine rings is 1. The molecule has 6 nitrogen and oxygen atoms in total. The molecule has 1 aliphatic heterocycles. The summed E-state index contributed by atoms with van der Waals surface area (Å²) < 4.78 is 5.24. The van der Waals surface area contributed by atoms with E-state index in [4.69, 9.17) is 10.5 Å². The van der Waals surface area contributed by atoms with Crippen molar-refractivity contribution in [2.24, 2.45) is 10.7 Å². The Morgan fingerprint density at radius 3 is 2.45 bits per heavy atom. The Hall–Kier alpha value is -2.73. The van der Waals surface area contributed by atoms with Crippen molar-refractivity contribution < 1.29 is 4.74 Å². The highest BCUT2D eigenvalue weighted by atomic mass is 16.5. The maximum Gasteiger partial charge on any atom is 0.188 e. The zero-order chi connectivity index (χ0) is 20.3. The lowest BCUT2D eigenvalue weighted by Gasteiger charge is -2.36. The predicted molar refractivity (Wildman–Crippen MR) is 121 cm³/mol. The molecule has 0 radical (unpaired) electrons. The number of guanidine groups is 1. The van der Waals surface area contributed by atoms with Crippen LogP contribution >= 0.6 is 0 Å². The molecular weight excluding hydrogens is 362 g/mol. The topological polar surface area (TPSA) is 66.1 Å². The van der Waals surface area contributed by atoms with E-state index < -0.39 is 0 Å². The predicted octanol–water partition coefficient (Wildman–Crippen LogP) is 2.35. The maximum atomic E-state index is 5.97. The molecule has 0 atom stereocenters. The second-order valence-electron chi connectivity index (χ2n) is 7.31. The zero-order valence-corrected chi connectivity index (χ0v) is 17.4. The summed E-state index contributed by atoms with van der Waals surface area (Å²) in [6.45, 7) is 6.92. The molecule has 156 valence electrons. The van der Waals surface area contributed by atoms with Crippen molar-refractivity contribution in [3.63, 3.8) is 0 Å². The third kappa shape index (κ3) is 6.98. The molecule has 3 rings (SSSR count). The molecule has 0 bridgehead atoms. The van der Waals surface area contributed by atoms with Crippen molar-refractivity contribution in [2.45, 2.75) is 12.8 Å². The van der Waals surface area contributed by atoms with Crippen molar-refractivity contribution in [1.82, 2.24) is 10.2 Å². The van der Waals surface area contributed by atoms with Gasteiger partial charge >= 0.3 is 0 Å². The summed E-state index contributed by atoms with van der Waals surface area (Å²) in [6, 6.07) is 18.7. The van der Waals surface area contributed by atoms with E-state index in [2.05, 4.69) is 56.5 Å². The van der Waals surface area contributed by atoms with E-state index in [-0.39, 0.29) is 0 Å². The smallest absolute Gasteiger partial charge is 0.188 e. The molecular formula is C23H33N5O. The highest BCUT2D eigenvalue weighted by Gasteiger charge is 2.16. The van der Waals surface area contributed by atoms with Gasteiger partial charge in [-0.05, 0) is 42.7 Å². The first-order valence-corrected chi connectivity index (χ1v) is 10.4. The van der Waals surface area contributed by atoms with E-state index in [1.54, 1.807) is 7.11 Å². The van der Waals surface area contributed by atoms with Crippen LogP contribution in [-0.4, -0.2) is 63.8 Å². The lowest BCUT2D eigenvalue weighted by atomic mass is 10.1. The van der Waals surface area contributed by atoms with E-state index >= 15 is 0 Å². The number of nitrogens with zero attached hydrogens (tertiary/aromatic N) is 3. The fourth-order valence-corrected chi connectivity index (χ4v) is 3.55. The molecule has 0 aromatic heterocycles. The molecule has 1 heterocycles. The van der Waals surface area contributed by atoms with Crippen LogP contribution in [0.15, 0.2) is 59.6 Å². The molecule has 0 saturated carbocycles. The number of rotatable bonds is 9. The summed E-state index contributed by atoms with van der Waals surface area (Å²) in [6.07, 6.45) is 1.99. The summed E-state index contributed by atoms with van der Waals surface area (Å²) >= 11 is 0. The standard InChI is InChI=1S/C23H33N5O/c1-29-22-10-8-21(9-11-22)28-18-16-27(17-19-28)15-5-13-25-23(24)26-14-12-20-6-3-2-4-7-20/h2-4,6-11H,5,12-19H2,1H3,(H3,24,25,26). The molecule has 1 fully saturated rings. The van der Waals surface area contributed by atoms with Gasteiger partial charge in [0, 0.05) is 51.5 Å². The highest BCUT2D eigenvalue weighted by Crippen LogP contribution is 2.20. The van der Waals surface area contributed by atoms with Crippen molar-refractivity contribution in [3.8, 4) is 5.75 Å². The van der Waals surface area contributed by atoms with Gasteiger partial charge in [-0.3, -0.25) is 9.89 Å². The normalized spacial score (nSPS) is 15.3. The van der Waals surface area contributed by atoms with Crippen LogP contribution in [-0.2, 0) is 6.42 Å². The van der Waals surface area contributed by atoms with Crippen molar-refractivity contribution in [2.75, 3.05) is 57.8 Å². The fraction of sp³-hybridized carbons (Fsp3) is 0.435. The lowest BCUT2D eigenvalue weighted by Crippen LogP contribution is -2.46. The minimum absolute atomic E-state index is 0.547. The van der Waals surface area contributed by atoms with Gasteiger partial charge < -0.3 is 20.7 Å². The van der Waals surface area contributed by atoms with Gasteiger partial charge in [-0.25, -0.2) is 0 Å². The molecule has 29 heavy (non-hydrogen) atoms. The number of ether oxygens (including phenoxy) is 1. The van der Waals surface area contributed by atoms with Crippen LogP contribution in [0.3, 0.4) is 0 Å². The van der Waals surface area contributed by atoms with E-state index in [1.807, 2.05) is 18.2 Å². The first-order chi connectivity index (χ1) is 14.2. The van der Waals surface area contributed by atoms with E-state index in [9.17, 15) is 0 Å². The van der Waals surface area contributed by atoms with Gasteiger partial charge in [-0.15, -0.1) is 0 Å². The van der Waals surface area contributed by atoms with Gasteiger partial charge in [0.15, 0.2) is 5.96 Å². The Balaban J connectivity index is 1.28. The second-order valence-corrected chi connectivity index (χ2v) is 7.31. The Morgan fingerprint density at radius 2 is 1.76 bits per heavy atom. The summed E-state index contributed by atoms with van der Waals surface area (Å²) in [5, 5.41) is 3.20. The molecule has 0 unspecified atom stereocenters. The van der Waals surface area contributed by atoms with Gasteiger partial charge in [0.05, 0.1) is 7.11 Å². The van der Waals surface area contributed by atoms with Gasteiger partial charge in [-0.2, -0.15) is 0 Å².